The van der Waals surface area contributed by atoms with E-state index in [1.807, 2.05) is 12.1 Å². The molecule has 0 amide bonds. The number of ether oxygens (including phenoxy) is 2. The van der Waals surface area contributed by atoms with Gasteiger partial charge in [0.25, 0.3) is 0 Å². The molecule has 0 aliphatic carbocycles. The predicted octanol–water partition coefficient (Wildman–Crippen LogP) is 3.31. The van der Waals surface area contributed by atoms with Crippen molar-refractivity contribution in [3.05, 3.63) is 24.3 Å². The van der Waals surface area contributed by atoms with Gasteiger partial charge in [0.05, 0.1) is 6.61 Å². The van der Waals surface area contributed by atoms with Gasteiger partial charge in [-0.1, -0.05) is 6.92 Å². The number of anilines is 1. The molecule has 0 saturated carbocycles. The van der Waals surface area contributed by atoms with Crippen molar-refractivity contribution in [1.82, 2.24) is 0 Å². The highest BCUT2D eigenvalue weighted by Gasteiger charge is 2.12. The fourth-order valence-corrected chi connectivity index (χ4v) is 2.10. The number of rotatable bonds is 6. The molecule has 1 saturated heterocycles. The SMILES string of the molecule is CCCOc1ccc(NCC2CCOCC2)cc1. The van der Waals surface area contributed by atoms with Gasteiger partial charge < -0.3 is 14.8 Å². The molecule has 2 rings (SSSR count). The minimum Gasteiger partial charge on any atom is -0.494 e. The Labute approximate surface area is 109 Å². The van der Waals surface area contributed by atoms with Gasteiger partial charge in [-0.2, -0.15) is 0 Å². The maximum absolute atomic E-state index is 5.56. The quantitative estimate of drug-likeness (QED) is 0.839. The van der Waals surface area contributed by atoms with Crippen LogP contribution in [0.1, 0.15) is 26.2 Å². The summed E-state index contributed by atoms with van der Waals surface area (Å²) in [6.07, 6.45) is 3.39. The smallest absolute Gasteiger partial charge is 0.119 e. The normalized spacial score (nSPS) is 16.5. The third-order valence-electron chi connectivity index (χ3n) is 3.26. The number of benzene rings is 1. The van der Waals surface area contributed by atoms with Gasteiger partial charge in [0.2, 0.25) is 0 Å². The Morgan fingerprint density at radius 1 is 1.22 bits per heavy atom. The molecule has 0 bridgehead atoms. The van der Waals surface area contributed by atoms with E-state index in [4.69, 9.17) is 9.47 Å². The summed E-state index contributed by atoms with van der Waals surface area (Å²) < 4.78 is 10.9. The van der Waals surface area contributed by atoms with Crippen molar-refractivity contribution >= 4 is 5.69 Å². The van der Waals surface area contributed by atoms with Gasteiger partial charge in [-0.25, -0.2) is 0 Å². The van der Waals surface area contributed by atoms with Crippen molar-refractivity contribution in [3.63, 3.8) is 0 Å². The van der Waals surface area contributed by atoms with Crippen molar-refractivity contribution < 1.29 is 9.47 Å². The summed E-state index contributed by atoms with van der Waals surface area (Å²) in [6, 6.07) is 8.23. The van der Waals surface area contributed by atoms with Crippen LogP contribution in [0.15, 0.2) is 24.3 Å². The van der Waals surface area contributed by atoms with Gasteiger partial charge in [-0.3, -0.25) is 0 Å². The van der Waals surface area contributed by atoms with Crippen molar-refractivity contribution in [2.24, 2.45) is 5.92 Å². The molecule has 100 valence electrons. The molecule has 0 unspecified atom stereocenters. The van der Waals surface area contributed by atoms with E-state index in [1.54, 1.807) is 0 Å². The molecule has 18 heavy (non-hydrogen) atoms. The summed E-state index contributed by atoms with van der Waals surface area (Å²) in [4.78, 5) is 0. The Morgan fingerprint density at radius 2 is 1.94 bits per heavy atom. The van der Waals surface area contributed by atoms with Crippen molar-refractivity contribution in [1.29, 1.82) is 0 Å². The highest BCUT2D eigenvalue weighted by Crippen LogP contribution is 2.18. The molecule has 1 aliphatic heterocycles. The fraction of sp³-hybridized carbons (Fsp3) is 0.600. The maximum atomic E-state index is 5.56. The van der Waals surface area contributed by atoms with E-state index in [2.05, 4.69) is 24.4 Å². The maximum Gasteiger partial charge on any atom is 0.119 e. The molecule has 1 aromatic carbocycles. The van der Waals surface area contributed by atoms with Gasteiger partial charge in [-0.05, 0) is 49.4 Å². The van der Waals surface area contributed by atoms with Crippen LogP contribution in [-0.4, -0.2) is 26.4 Å². The summed E-state index contributed by atoms with van der Waals surface area (Å²) in [6.45, 7) is 5.77. The second-order valence-corrected chi connectivity index (χ2v) is 4.81. The highest BCUT2D eigenvalue weighted by molar-refractivity contribution is 5.46. The first-order chi connectivity index (χ1) is 8.88. The molecule has 1 fully saturated rings. The Kier molecular flexibility index (Phi) is 5.34. The van der Waals surface area contributed by atoms with E-state index in [-0.39, 0.29) is 0 Å². The highest BCUT2D eigenvalue weighted by atomic mass is 16.5. The first kappa shape index (κ1) is 13.2. The van der Waals surface area contributed by atoms with Gasteiger partial charge in [-0.15, -0.1) is 0 Å². The molecule has 0 aromatic heterocycles. The number of nitrogens with one attached hydrogen (secondary N) is 1. The molecule has 1 aromatic rings. The molecule has 1 heterocycles. The Balaban J connectivity index is 1.75. The molecule has 0 spiro atoms. The molecular formula is C15H23NO2. The van der Waals surface area contributed by atoms with Crippen LogP contribution in [0.4, 0.5) is 5.69 Å². The van der Waals surface area contributed by atoms with Gasteiger partial charge in [0.15, 0.2) is 0 Å². The topological polar surface area (TPSA) is 30.5 Å². The van der Waals surface area contributed by atoms with Crippen LogP contribution < -0.4 is 10.1 Å². The third kappa shape index (κ3) is 4.22. The standard InChI is InChI=1S/C15H23NO2/c1-2-9-18-15-5-3-14(4-6-15)16-12-13-7-10-17-11-8-13/h3-6,13,16H,2,7-12H2,1H3. The van der Waals surface area contributed by atoms with E-state index in [1.165, 1.54) is 18.5 Å². The zero-order chi connectivity index (χ0) is 12.6. The average Bonchev–Trinajstić information content (AvgIpc) is 2.45. The van der Waals surface area contributed by atoms with Crippen LogP contribution in [0.25, 0.3) is 0 Å². The van der Waals surface area contributed by atoms with Crippen molar-refractivity contribution in [2.45, 2.75) is 26.2 Å². The summed E-state index contributed by atoms with van der Waals surface area (Å²) in [5.74, 6) is 1.70. The average molecular weight is 249 g/mol. The van der Waals surface area contributed by atoms with Crippen LogP contribution in [0.2, 0.25) is 0 Å². The van der Waals surface area contributed by atoms with E-state index in [0.29, 0.717) is 0 Å². The largest absolute Gasteiger partial charge is 0.494 e. The van der Waals surface area contributed by atoms with E-state index in [0.717, 1.165) is 44.5 Å². The van der Waals surface area contributed by atoms with Crippen LogP contribution in [0.3, 0.4) is 0 Å². The number of hydrogen-bond donors (Lipinski definition) is 1. The second-order valence-electron chi connectivity index (χ2n) is 4.81. The third-order valence-corrected chi connectivity index (χ3v) is 3.26. The lowest BCUT2D eigenvalue weighted by Crippen LogP contribution is -2.22. The van der Waals surface area contributed by atoms with Gasteiger partial charge >= 0.3 is 0 Å². The lowest BCUT2D eigenvalue weighted by molar-refractivity contribution is 0.0699. The molecule has 3 nitrogen and oxygen atoms in total. The van der Waals surface area contributed by atoms with E-state index < -0.39 is 0 Å². The summed E-state index contributed by atoms with van der Waals surface area (Å²) in [5, 5.41) is 3.49. The summed E-state index contributed by atoms with van der Waals surface area (Å²) in [7, 11) is 0. The Hall–Kier alpha value is -1.22. The first-order valence-electron chi connectivity index (χ1n) is 6.93. The van der Waals surface area contributed by atoms with E-state index in [9.17, 15) is 0 Å². The van der Waals surface area contributed by atoms with Crippen LogP contribution in [0, 0.1) is 5.92 Å². The molecule has 3 heteroatoms. The molecule has 1 N–H and O–H groups in total. The first-order valence-corrected chi connectivity index (χ1v) is 6.93. The second kappa shape index (κ2) is 7.27. The predicted molar refractivity (Wildman–Crippen MR) is 74.3 cm³/mol. The Bertz CT molecular complexity index is 331. The van der Waals surface area contributed by atoms with Crippen LogP contribution in [0.5, 0.6) is 5.75 Å². The van der Waals surface area contributed by atoms with Crippen molar-refractivity contribution in [2.75, 3.05) is 31.7 Å². The van der Waals surface area contributed by atoms with Gasteiger partial charge in [0, 0.05) is 25.4 Å². The van der Waals surface area contributed by atoms with Crippen LogP contribution in [-0.2, 0) is 4.74 Å². The van der Waals surface area contributed by atoms with Crippen molar-refractivity contribution in [3.8, 4) is 5.75 Å². The lowest BCUT2D eigenvalue weighted by atomic mass is 10.0. The zero-order valence-electron chi connectivity index (χ0n) is 11.2. The minimum atomic E-state index is 0.745. The lowest BCUT2D eigenvalue weighted by Gasteiger charge is -2.22. The minimum absolute atomic E-state index is 0.745. The fourth-order valence-electron chi connectivity index (χ4n) is 2.10. The Morgan fingerprint density at radius 3 is 2.61 bits per heavy atom. The zero-order valence-corrected chi connectivity index (χ0v) is 11.2. The molecule has 0 radical (unpaired) electrons. The molecule has 0 atom stereocenters. The monoisotopic (exact) mass is 249 g/mol. The summed E-state index contributed by atoms with van der Waals surface area (Å²) in [5.41, 5.74) is 1.17. The molecule has 1 aliphatic rings. The van der Waals surface area contributed by atoms with E-state index >= 15 is 0 Å². The van der Waals surface area contributed by atoms with Crippen LogP contribution >= 0.6 is 0 Å². The molecular weight excluding hydrogens is 226 g/mol. The number of hydrogen-bond acceptors (Lipinski definition) is 3. The summed E-state index contributed by atoms with van der Waals surface area (Å²) >= 11 is 0. The van der Waals surface area contributed by atoms with Gasteiger partial charge in [0.1, 0.15) is 5.75 Å².